The number of nitrogens with two attached hydrogens (primary N) is 1. The molecule has 2 N–H and O–H groups in total. The molecule has 5 nitrogen and oxygen atoms in total. The molecular weight excluding hydrogens is 422 g/mol. The third-order valence-electron chi connectivity index (χ3n) is 3.98. The van der Waals surface area contributed by atoms with Crippen molar-refractivity contribution in [3.05, 3.63) is 76.3 Å². The molecule has 0 spiro atoms. The van der Waals surface area contributed by atoms with Crippen LogP contribution in [0.3, 0.4) is 0 Å². The second-order valence-electron chi connectivity index (χ2n) is 5.91. The van der Waals surface area contributed by atoms with Crippen molar-refractivity contribution in [2.75, 3.05) is 6.61 Å². The lowest BCUT2D eigenvalue weighted by atomic mass is 10.0. The molecule has 0 radical (unpaired) electrons. The van der Waals surface area contributed by atoms with Gasteiger partial charge in [0.2, 0.25) is 5.91 Å². The van der Waals surface area contributed by atoms with Gasteiger partial charge in [0.1, 0.15) is 0 Å². The van der Waals surface area contributed by atoms with E-state index < -0.39 is 11.9 Å². The molecule has 28 heavy (non-hydrogen) atoms. The Morgan fingerprint density at radius 3 is 2.61 bits per heavy atom. The van der Waals surface area contributed by atoms with E-state index in [-0.39, 0.29) is 5.75 Å². The highest BCUT2D eigenvalue weighted by atomic mass is 79.9. The summed E-state index contributed by atoms with van der Waals surface area (Å²) in [7, 11) is 0. The molecule has 1 amide bonds. The van der Waals surface area contributed by atoms with Crippen molar-refractivity contribution in [1.82, 2.24) is 0 Å². The third kappa shape index (κ3) is 4.40. The molecule has 6 heteroatoms. The molecule has 0 saturated carbocycles. The van der Waals surface area contributed by atoms with Gasteiger partial charge >= 0.3 is 5.97 Å². The molecular formula is C22H18BrNO4. The molecule has 0 aliphatic heterocycles. The summed E-state index contributed by atoms with van der Waals surface area (Å²) in [5, 5.41) is 1.76. The molecule has 0 heterocycles. The van der Waals surface area contributed by atoms with E-state index in [0.29, 0.717) is 28.0 Å². The normalized spacial score (nSPS) is 10.9. The topological polar surface area (TPSA) is 78.6 Å². The van der Waals surface area contributed by atoms with Gasteiger partial charge in [0.15, 0.2) is 11.5 Å². The third-order valence-corrected chi connectivity index (χ3v) is 4.57. The van der Waals surface area contributed by atoms with Gasteiger partial charge in [-0.25, -0.2) is 4.79 Å². The first-order valence-electron chi connectivity index (χ1n) is 8.63. The number of primary amides is 1. The Morgan fingerprint density at radius 2 is 1.86 bits per heavy atom. The molecule has 0 fully saturated rings. The zero-order valence-corrected chi connectivity index (χ0v) is 16.7. The molecule has 0 aliphatic rings. The minimum atomic E-state index is -0.555. The second-order valence-corrected chi connectivity index (χ2v) is 6.77. The number of ether oxygens (including phenoxy) is 2. The maximum Gasteiger partial charge on any atom is 0.344 e. The fourth-order valence-electron chi connectivity index (χ4n) is 2.78. The maximum absolute atomic E-state index is 12.9. The smallest absolute Gasteiger partial charge is 0.344 e. The van der Waals surface area contributed by atoms with Gasteiger partial charge in [-0.15, -0.1) is 0 Å². The highest BCUT2D eigenvalue weighted by Crippen LogP contribution is 2.38. The number of hydrogen-bond acceptors (Lipinski definition) is 4. The number of carbonyl (C=O) groups excluding carboxylic acids is 2. The molecule has 0 aliphatic carbocycles. The lowest BCUT2D eigenvalue weighted by molar-refractivity contribution is -0.113. The fourth-order valence-corrected chi connectivity index (χ4v) is 3.32. The van der Waals surface area contributed by atoms with Gasteiger partial charge in [0.05, 0.1) is 16.6 Å². The van der Waals surface area contributed by atoms with Gasteiger partial charge in [-0.1, -0.05) is 36.4 Å². The highest BCUT2D eigenvalue weighted by Gasteiger charge is 2.18. The van der Waals surface area contributed by atoms with Crippen molar-refractivity contribution in [3.8, 4) is 11.5 Å². The number of hydrogen-bond donors (Lipinski definition) is 1. The van der Waals surface area contributed by atoms with E-state index in [9.17, 15) is 9.59 Å². The van der Waals surface area contributed by atoms with Gasteiger partial charge < -0.3 is 15.2 Å². The van der Waals surface area contributed by atoms with E-state index in [1.54, 1.807) is 24.3 Å². The van der Waals surface area contributed by atoms with Crippen LogP contribution in [0.2, 0.25) is 0 Å². The van der Waals surface area contributed by atoms with Gasteiger partial charge in [0.25, 0.3) is 0 Å². The van der Waals surface area contributed by atoms with E-state index in [2.05, 4.69) is 15.9 Å². The summed E-state index contributed by atoms with van der Waals surface area (Å²) in [6, 6.07) is 16.5. The number of rotatable bonds is 6. The van der Waals surface area contributed by atoms with Crippen molar-refractivity contribution in [2.24, 2.45) is 5.73 Å². The second kappa shape index (κ2) is 8.71. The molecule has 0 aromatic heterocycles. The van der Waals surface area contributed by atoms with Crippen LogP contribution in [-0.4, -0.2) is 18.5 Å². The van der Waals surface area contributed by atoms with Crippen molar-refractivity contribution >= 4 is 44.7 Å². The number of carbonyl (C=O) groups is 2. The molecule has 142 valence electrons. The van der Waals surface area contributed by atoms with Crippen LogP contribution in [0.4, 0.5) is 0 Å². The van der Waals surface area contributed by atoms with Gasteiger partial charge in [-0.3, -0.25) is 4.79 Å². The molecule has 0 saturated heterocycles. The van der Waals surface area contributed by atoms with E-state index in [0.717, 1.165) is 10.8 Å². The number of amides is 1. The van der Waals surface area contributed by atoms with Crippen molar-refractivity contribution in [3.63, 3.8) is 0 Å². The Bertz CT molecular complexity index is 1070. The number of halogens is 1. The Hall–Kier alpha value is -3.12. The van der Waals surface area contributed by atoms with Crippen molar-refractivity contribution < 1.29 is 19.1 Å². The summed E-state index contributed by atoms with van der Waals surface area (Å²) in [5.74, 6) is -0.384. The van der Waals surface area contributed by atoms with Crippen LogP contribution in [0, 0.1) is 0 Å². The average Bonchev–Trinajstić information content (AvgIpc) is 2.68. The predicted octanol–water partition coefficient (Wildman–Crippen LogP) is 4.72. The number of fused-ring (bicyclic) bond motifs is 1. The molecule has 0 unspecified atom stereocenters. The molecule has 3 aromatic carbocycles. The molecule has 0 bridgehead atoms. The lowest BCUT2D eigenvalue weighted by Gasteiger charge is -2.14. The summed E-state index contributed by atoms with van der Waals surface area (Å²) in [5.41, 5.74) is 6.29. The monoisotopic (exact) mass is 439 g/mol. The maximum atomic E-state index is 12.9. The Morgan fingerprint density at radius 1 is 1.11 bits per heavy atom. The van der Waals surface area contributed by atoms with Crippen LogP contribution in [-0.2, 0) is 4.79 Å². The summed E-state index contributed by atoms with van der Waals surface area (Å²) >= 11 is 3.42. The van der Waals surface area contributed by atoms with E-state index >= 15 is 0 Å². The van der Waals surface area contributed by atoms with Crippen LogP contribution in [0.25, 0.3) is 16.8 Å². The van der Waals surface area contributed by atoms with E-state index in [1.165, 1.54) is 6.08 Å². The van der Waals surface area contributed by atoms with Gasteiger partial charge in [-0.2, -0.15) is 0 Å². The Kier molecular flexibility index (Phi) is 6.11. The minimum Gasteiger partial charge on any atom is -0.490 e. The van der Waals surface area contributed by atoms with Crippen LogP contribution in [0.5, 0.6) is 11.5 Å². The average molecular weight is 440 g/mol. The van der Waals surface area contributed by atoms with Crippen LogP contribution in [0.15, 0.2) is 65.1 Å². The van der Waals surface area contributed by atoms with E-state index in [1.807, 2.05) is 43.3 Å². The summed E-state index contributed by atoms with van der Waals surface area (Å²) in [6.07, 6.45) is 2.81. The quantitative estimate of drug-likeness (QED) is 0.342. The zero-order valence-electron chi connectivity index (χ0n) is 15.1. The van der Waals surface area contributed by atoms with Crippen molar-refractivity contribution in [2.45, 2.75) is 6.92 Å². The Balaban J connectivity index is 1.98. The lowest BCUT2D eigenvalue weighted by Crippen LogP contribution is -2.11. The standard InChI is InChI=1S/C22H18BrNO4/c1-2-27-19-13-14(10-11-20(24)25)12-18(23)21(19)28-22(26)17-9-5-7-15-6-3-4-8-16(15)17/h3-13H,2H2,1H3,(H2,24,25)/b11-10+. The fraction of sp³-hybridized carbons (Fsp3) is 0.0909. The van der Waals surface area contributed by atoms with Gasteiger partial charge in [0, 0.05) is 6.08 Å². The largest absolute Gasteiger partial charge is 0.490 e. The zero-order chi connectivity index (χ0) is 20.1. The summed E-state index contributed by atoms with van der Waals surface area (Å²) < 4.78 is 11.8. The molecule has 0 atom stereocenters. The molecule has 3 rings (SSSR count). The summed E-state index contributed by atoms with van der Waals surface area (Å²) in [4.78, 5) is 23.8. The minimum absolute atomic E-state index is 0.274. The first kappa shape index (κ1) is 19.6. The molecule has 3 aromatic rings. The van der Waals surface area contributed by atoms with Crippen LogP contribution < -0.4 is 15.2 Å². The SMILES string of the molecule is CCOc1cc(/C=C/C(N)=O)cc(Br)c1OC(=O)c1cccc2ccccc12. The Labute approximate surface area is 170 Å². The predicted molar refractivity (Wildman–Crippen MR) is 112 cm³/mol. The van der Waals surface area contributed by atoms with Gasteiger partial charge in [-0.05, 0) is 63.5 Å². The first-order chi connectivity index (χ1) is 13.5. The van der Waals surface area contributed by atoms with Crippen LogP contribution in [0.1, 0.15) is 22.8 Å². The number of benzene rings is 3. The van der Waals surface area contributed by atoms with Crippen LogP contribution >= 0.6 is 15.9 Å². The van der Waals surface area contributed by atoms with Crippen molar-refractivity contribution in [1.29, 1.82) is 0 Å². The number of esters is 1. The van der Waals surface area contributed by atoms with E-state index in [4.69, 9.17) is 15.2 Å². The summed E-state index contributed by atoms with van der Waals surface area (Å²) in [6.45, 7) is 2.21. The first-order valence-corrected chi connectivity index (χ1v) is 9.42. The highest BCUT2D eigenvalue weighted by molar-refractivity contribution is 9.10.